The zero-order valence-electron chi connectivity index (χ0n) is 30.5. The Morgan fingerprint density at radius 1 is 0.457 bits per heavy atom. The van der Waals surface area contributed by atoms with Gasteiger partial charge in [0.25, 0.3) is 0 Å². The summed E-state index contributed by atoms with van der Waals surface area (Å²) < 4.78 is 11.1. The minimum atomic E-state index is -0.281. The molecule has 4 nitrogen and oxygen atoms in total. The van der Waals surface area contributed by atoms with E-state index in [1.165, 1.54) is 167 Å². The molecule has 0 spiro atoms. The van der Waals surface area contributed by atoms with Crippen LogP contribution in [0.25, 0.3) is 0 Å². The first-order valence-corrected chi connectivity index (χ1v) is 20.1. The standard InChI is InChI=1S/C42H73O4/c1-3-5-7-9-11-13-15-17-19-21-23-25-27-29-31-37-41(43)45-39-35-33-34-36-40(39)46-42(44)38-32-30-28-26-24-22-20-18-16-14-12-10-8-6-4-2/h33-35H,3-32,37-38H2,1-2H3. The SMILES string of the molecule is CCCCCCCCCCCCCCCCCC(=O)Oc1[c]cccc1OC(=O)CCCCCCCCCCCCCCCCC. The molecule has 0 atom stereocenters. The van der Waals surface area contributed by atoms with Crippen molar-refractivity contribution in [1.29, 1.82) is 0 Å². The van der Waals surface area contributed by atoms with E-state index in [4.69, 9.17) is 9.47 Å². The molecule has 4 heteroatoms. The summed E-state index contributed by atoms with van der Waals surface area (Å²) in [6.07, 6.45) is 39.7. The molecule has 0 aromatic heterocycles. The Morgan fingerprint density at radius 3 is 1.11 bits per heavy atom. The summed E-state index contributed by atoms with van der Waals surface area (Å²) in [5.74, 6) is -0.0394. The van der Waals surface area contributed by atoms with E-state index in [1.807, 2.05) is 0 Å². The van der Waals surface area contributed by atoms with Gasteiger partial charge < -0.3 is 9.47 Å². The second kappa shape index (κ2) is 33.1. The topological polar surface area (TPSA) is 52.6 Å². The van der Waals surface area contributed by atoms with Crippen LogP contribution in [0.5, 0.6) is 11.5 Å². The molecule has 0 saturated heterocycles. The minimum Gasteiger partial charge on any atom is -0.422 e. The molecule has 0 heterocycles. The third-order valence-corrected chi connectivity index (χ3v) is 9.19. The lowest BCUT2D eigenvalue weighted by atomic mass is 10.0. The van der Waals surface area contributed by atoms with E-state index in [-0.39, 0.29) is 17.7 Å². The van der Waals surface area contributed by atoms with Crippen molar-refractivity contribution < 1.29 is 19.1 Å². The van der Waals surface area contributed by atoms with E-state index in [0.717, 1.165) is 25.7 Å². The lowest BCUT2D eigenvalue weighted by Crippen LogP contribution is -2.12. The van der Waals surface area contributed by atoms with Gasteiger partial charge in [-0.15, -0.1) is 0 Å². The molecule has 0 N–H and O–H groups in total. The van der Waals surface area contributed by atoms with Gasteiger partial charge in [-0.3, -0.25) is 9.59 Å². The summed E-state index contributed by atoms with van der Waals surface area (Å²) in [7, 11) is 0. The first kappa shape index (κ1) is 42.2. The molecule has 0 saturated carbocycles. The van der Waals surface area contributed by atoms with E-state index in [9.17, 15) is 9.59 Å². The maximum atomic E-state index is 12.4. The maximum absolute atomic E-state index is 12.4. The number of carbonyl (C=O) groups is 2. The van der Waals surface area contributed by atoms with E-state index in [2.05, 4.69) is 19.9 Å². The van der Waals surface area contributed by atoms with Gasteiger partial charge in [-0.25, -0.2) is 0 Å². The summed E-state index contributed by atoms with van der Waals surface area (Å²) in [6, 6.07) is 8.04. The van der Waals surface area contributed by atoms with Crippen LogP contribution in [0, 0.1) is 6.07 Å². The van der Waals surface area contributed by atoms with Crippen LogP contribution in [0.4, 0.5) is 0 Å². The number of hydrogen-bond acceptors (Lipinski definition) is 4. The second-order valence-electron chi connectivity index (χ2n) is 13.7. The van der Waals surface area contributed by atoms with Crippen LogP contribution in [0.2, 0.25) is 0 Å². The van der Waals surface area contributed by atoms with Crippen molar-refractivity contribution in [3.8, 4) is 11.5 Å². The number of ether oxygens (including phenoxy) is 2. The lowest BCUT2D eigenvalue weighted by Gasteiger charge is -2.10. The predicted octanol–water partition coefficient (Wildman–Crippen LogP) is 13.8. The largest absolute Gasteiger partial charge is 0.422 e. The van der Waals surface area contributed by atoms with Crippen molar-refractivity contribution in [2.75, 3.05) is 0 Å². The average Bonchev–Trinajstić information content (AvgIpc) is 3.05. The Balaban J connectivity index is 2.00. The van der Waals surface area contributed by atoms with Crippen LogP contribution in [-0.4, -0.2) is 11.9 Å². The number of para-hydroxylation sites is 1. The fourth-order valence-electron chi connectivity index (χ4n) is 6.19. The number of hydrogen-bond donors (Lipinski definition) is 0. The van der Waals surface area contributed by atoms with Gasteiger partial charge in [0.05, 0.1) is 0 Å². The van der Waals surface area contributed by atoms with Crippen LogP contribution in [-0.2, 0) is 9.59 Å². The van der Waals surface area contributed by atoms with Crippen molar-refractivity contribution in [3.05, 3.63) is 24.3 Å². The number of carbonyl (C=O) groups excluding carboxylic acids is 2. The van der Waals surface area contributed by atoms with E-state index in [0.29, 0.717) is 18.6 Å². The fourth-order valence-corrected chi connectivity index (χ4v) is 6.19. The smallest absolute Gasteiger partial charge is 0.311 e. The van der Waals surface area contributed by atoms with Gasteiger partial charge in [-0.1, -0.05) is 206 Å². The summed E-state index contributed by atoms with van der Waals surface area (Å²) in [6.45, 7) is 4.55. The molecule has 1 rings (SSSR count). The molecule has 0 amide bonds. The molecule has 1 aromatic rings. The zero-order chi connectivity index (χ0) is 33.2. The quantitative estimate of drug-likeness (QED) is 0.0427. The van der Waals surface area contributed by atoms with Gasteiger partial charge in [0, 0.05) is 18.9 Å². The third-order valence-electron chi connectivity index (χ3n) is 9.19. The highest BCUT2D eigenvalue weighted by Crippen LogP contribution is 2.27. The Bertz CT molecular complexity index is 753. The maximum Gasteiger partial charge on any atom is 0.311 e. The Kier molecular flexibility index (Phi) is 30.3. The van der Waals surface area contributed by atoms with E-state index < -0.39 is 0 Å². The highest BCUT2D eigenvalue weighted by molar-refractivity contribution is 5.76. The van der Waals surface area contributed by atoms with Crippen LogP contribution < -0.4 is 9.47 Å². The van der Waals surface area contributed by atoms with Crippen LogP contribution in [0.1, 0.15) is 219 Å². The molecule has 0 fully saturated rings. The van der Waals surface area contributed by atoms with E-state index in [1.54, 1.807) is 18.2 Å². The monoisotopic (exact) mass is 642 g/mol. The minimum absolute atomic E-state index is 0.221. The number of benzene rings is 1. The predicted molar refractivity (Wildman–Crippen MR) is 196 cm³/mol. The summed E-state index contributed by atoms with van der Waals surface area (Å²) in [5.41, 5.74) is 0. The summed E-state index contributed by atoms with van der Waals surface area (Å²) >= 11 is 0. The molecule has 1 radical (unpaired) electrons. The normalized spacial score (nSPS) is 11.2. The zero-order valence-corrected chi connectivity index (χ0v) is 30.5. The molecule has 0 aliphatic rings. The van der Waals surface area contributed by atoms with Crippen molar-refractivity contribution in [2.45, 2.75) is 219 Å². The van der Waals surface area contributed by atoms with Gasteiger partial charge >= 0.3 is 11.9 Å². The Hall–Kier alpha value is -1.84. The van der Waals surface area contributed by atoms with Crippen LogP contribution >= 0.6 is 0 Å². The molecule has 46 heavy (non-hydrogen) atoms. The van der Waals surface area contributed by atoms with Gasteiger partial charge in [-0.05, 0) is 18.9 Å². The molecule has 0 aliphatic heterocycles. The number of esters is 2. The highest BCUT2D eigenvalue weighted by Gasteiger charge is 2.13. The van der Waals surface area contributed by atoms with Crippen molar-refractivity contribution in [3.63, 3.8) is 0 Å². The van der Waals surface area contributed by atoms with E-state index >= 15 is 0 Å². The second-order valence-corrected chi connectivity index (χ2v) is 13.7. The molecule has 1 aromatic carbocycles. The van der Waals surface area contributed by atoms with Crippen LogP contribution in [0.3, 0.4) is 0 Å². The van der Waals surface area contributed by atoms with Gasteiger partial charge in [0.2, 0.25) is 0 Å². The van der Waals surface area contributed by atoms with Crippen molar-refractivity contribution in [1.82, 2.24) is 0 Å². The molecule has 265 valence electrons. The van der Waals surface area contributed by atoms with Crippen molar-refractivity contribution >= 4 is 11.9 Å². The van der Waals surface area contributed by atoms with Crippen LogP contribution in [0.15, 0.2) is 18.2 Å². The van der Waals surface area contributed by atoms with Gasteiger partial charge in [-0.2, -0.15) is 0 Å². The molecule has 0 bridgehead atoms. The average molecular weight is 642 g/mol. The number of unbranched alkanes of at least 4 members (excludes halogenated alkanes) is 28. The Labute approximate surface area is 285 Å². The first-order valence-electron chi connectivity index (χ1n) is 20.1. The number of rotatable bonds is 34. The molecular formula is C42H73O4. The molecule has 0 unspecified atom stereocenters. The van der Waals surface area contributed by atoms with Gasteiger partial charge in [0.1, 0.15) is 0 Å². The third kappa shape index (κ3) is 27.3. The van der Waals surface area contributed by atoms with Crippen molar-refractivity contribution in [2.24, 2.45) is 0 Å². The van der Waals surface area contributed by atoms with Gasteiger partial charge in [0.15, 0.2) is 11.5 Å². The summed E-state index contributed by atoms with van der Waals surface area (Å²) in [4.78, 5) is 24.9. The Morgan fingerprint density at radius 2 is 0.761 bits per heavy atom. The molecular weight excluding hydrogens is 568 g/mol. The first-order chi connectivity index (χ1) is 22.7. The lowest BCUT2D eigenvalue weighted by molar-refractivity contribution is -0.137. The molecule has 0 aliphatic carbocycles. The highest BCUT2D eigenvalue weighted by atomic mass is 16.6. The summed E-state index contributed by atoms with van der Waals surface area (Å²) in [5, 5.41) is 0. The fraction of sp³-hybridized carbons (Fsp3) is 0.810.